The van der Waals surface area contributed by atoms with Crippen LogP contribution in [0, 0.1) is 0 Å². The van der Waals surface area contributed by atoms with Gasteiger partial charge in [0.05, 0.1) is 25.7 Å². The van der Waals surface area contributed by atoms with E-state index < -0.39 is 0 Å². The number of rotatable bonds is 3. The van der Waals surface area contributed by atoms with E-state index in [2.05, 4.69) is 0 Å². The summed E-state index contributed by atoms with van der Waals surface area (Å²) in [5, 5.41) is 10.2. The zero-order valence-electron chi connectivity index (χ0n) is 6.62. The number of amides is 1. The minimum atomic E-state index is -0.369. The number of carbonyl (C=O) groups is 1. The molecule has 0 aromatic rings. The van der Waals surface area contributed by atoms with Crippen molar-refractivity contribution in [2.24, 2.45) is 0 Å². The van der Waals surface area contributed by atoms with Gasteiger partial charge in [0.15, 0.2) is 0 Å². The maximum atomic E-state index is 10.9. The molecule has 1 rings (SSSR count). The van der Waals surface area contributed by atoms with Gasteiger partial charge in [-0.1, -0.05) is 0 Å². The molecule has 1 amide bonds. The molecule has 4 nitrogen and oxygen atoms in total. The van der Waals surface area contributed by atoms with Crippen LogP contribution in [0.5, 0.6) is 0 Å². The van der Waals surface area contributed by atoms with Crippen LogP contribution in [0.1, 0.15) is 19.8 Å². The molecule has 1 fully saturated rings. The molecule has 0 aromatic carbocycles. The van der Waals surface area contributed by atoms with E-state index >= 15 is 0 Å². The number of hydrogen-bond donors (Lipinski definition) is 1. The van der Waals surface area contributed by atoms with Gasteiger partial charge in [-0.15, -0.1) is 0 Å². The van der Waals surface area contributed by atoms with E-state index in [9.17, 15) is 4.79 Å². The van der Waals surface area contributed by atoms with Crippen molar-refractivity contribution in [3.05, 3.63) is 0 Å². The average Bonchev–Trinajstić information content (AvgIpc) is 2.31. The quantitative estimate of drug-likeness (QED) is 0.626. The Hall–Kier alpha value is -0.610. The minimum absolute atomic E-state index is 0.0191. The predicted molar refractivity (Wildman–Crippen MR) is 38.6 cm³/mol. The Morgan fingerprint density at radius 2 is 2.55 bits per heavy atom. The predicted octanol–water partition coefficient (Wildman–Crippen LogP) is -0.0788. The first kappa shape index (κ1) is 8.49. The van der Waals surface area contributed by atoms with Gasteiger partial charge < -0.3 is 5.11 Å². The number of hydrogen-bond acceptors (Lipinski definition) is 3. The molecule has 1 N–H and O–H groups in total. The number of aliphatic hydroxyl groups excluding tert-OH is 1. The lowest BCUT2D eigenvalue weighted by molar-refractivity contribution is -0.162. The minimum Gasteiger partial charge on any atom is -0.393 e. The standard InChI is InChI=1S/C7H13NO3/c1-6(9)2-4-8-7(10)3-5-11-8/h6,9H,2-5H2,1H3. The summed E-state index contributed by atoms with van der Waals surface area (Å²) in [7, 11) is 0. The average molecular weight is 159 g/mol. The molecule has 4 heteroatoms. The van der Waals surface area contributed by atoms with E-state index in [4.69, 9.17) is 9.94 Å². The van der Waals surface area contributed by atoms with Crippen LogP contribution in [-0.2, 0) is 9.63 Å². The van der Waals surface area contributed by atoms with E-state index in [0.717, 1.165) is 0 Å². The summed E-state index contributed by atoms with van der Waals surface area (Å²) in [5.74, 6) is 0.0191. The summed E-state index contributed by atoms with van der Waals surface area (Å²) in [6.07, 6.45) is 0.679. The molecule has 0 bridgehead atoms. The van der Waals surface area contributed by atoms with E-state index in [1.165, 1.54) is 5.06 Å². The van der Waals surface area contributed by atoms with E-state index in [-0.39, 0.29) is 12.0 Å². The van der Waals surface area contributed by atoms with Crippen molar-refractivity contribution in [1.82, 2.24) is 5.06 Å². The van der Waals surface area contributed by atoms with Gasteiger partial charge in [0, 0.05) is 0 Å². The highest BCUT2D eigenvalue weighted by Crippen LogP contribution is 2.07. The Morgan fingerprint density at radius 1 is 1.82 bits per heavy atom. The lowest BCUT2D eigenvalue weighted by atomic mass is 10.3. The Bertz CT molecular complexity index is 147. The molecule has 1 heterocycles. The van der Waals surface area contributed by atoms with Gasteiger partial charge in [0.25, 0.3) is 0 Å². The van der Waals surface area contributed by atoms with Crippen LogP contribution in [0.15, 0.2) is 0 Å². The van der Waals surface area contributed by atoms with Crippen molar-refractivity contribution < 1.29 is 14.7 Å². The van der Waals surface area contributed by atoms with Crippen LogP contribution in [0.25, 0.3) is 0 Å². The van der Waals surface area contributed by atoms with Crippen molar-refractivity contribution in [2.75, 3.05) is 13.2 Å². The molecule has 1 unspecified atom stereocenters. The lowest BCUT2D eigenvalue weighted by Crippen LogP contribution is -2.26. The van der Waals surface area contributed by atoms with Crippen LogP contribution in [-0.4, -0.2) is 35.3 Å². The third-order valence-electron chi connectivity index (χ3n) is 1.59. The molecular weight excluding hydrogens is 146 g/mol. The van der Waals surface area contributed by atoms with Crippen LogP contribution in [0.3, 0.4) is 0 Å². The summed E-state index contributed by atoms with van der Waals surface area (Å²) in [5.41, 5.74) is 0. The fourth-order valence-corrected chi connectivity index (χ4v) is 0.933. The second kappa shape index (κ2) is 3.69. The monoisotopic (exact) mass is 159 g/mol. The van der Waals surface area contributed by atoms with Crippen LogP contribution < -0.4 is 0 Å². The van der Waals surface area contributed by atoms with Crippen LogP contribution in [0.4, 0.5) is 0 Å². The second-order valence-corrected chi connectivity index (χ2v) is 2.72. The first-order valence-electron chi connectivity index (χ1n) is 3.81. The normalized spacial score (nSPS) is 20.9. The Kier molecular flexibility index (Phi) is 2.84. The number of aliphatic hydroxyl groups is 1. The summed E-state index contributed by atoms with van der Waals surface area (Å²) < 4.78 is 0. The van der Waals surface area contributed by atoms with Gasteiger partial charge >= 0.3 is 0 Å². The maximum absolute atomic E-state index is 10.9. The summed E-state index contributed by atoms with van der Waals surface area (Å²) in [4.78, 5) is 15.9. The molecule has 1 aliphatic rings. The number of nitrogens with zero attached hydrogens (tertiary/aromatic N) is 1. The SMILES string of the molecule is CC(O)CCN1OCCC1=O. The smallest absolute Gasteiger partial charge is 0.248 e. The van der Waals surface area contributed by atoms with Crippen molar-refractivity contribution in [3.63, 3.8) is 0 Å². The van der Waals surface area contributed by atoms with Gasteiger partial charge in [0.1, 0.15) is 0 Å². The van der Waals surface area contributed by atoms with E-state index in [1.807, 2.05) is 0 Å². The van der Waals surface area contributed by atoms with Gasteiger partial charge in [-0.3, -0.25) is 9.63 Å². The van der Waals surface area contributed by atoms with Crippen molar-refractivity contribution >= 4 is 5.91 Å². The summed E-state index contributed by atoms with van der Waals surface area (Å²) >= 11 is 0. The fourth-order valence-electron chi connectivity index (χ4n) is 0.933. The third kappa shape index (κ3) is 2.48. The van der Waals surface area contributed by atoms with E-state index in [1.54, 1.807) is 6.92 Å². The molecular formula is C7H13NO3. The lowest BCUT2D eigenvalue weighted by Gasteiger charge is -2.14. The van der Waals surface area contributed by atoms with Crippen molar-refractivity contribution in [1.29, 1.82) is 0 Å². The Balaban J connectivity index is 2.20. The molecule has 64 valence electrons. The summed E-state index contributed by atoms with van der Waals surface area (Å²) in [6.45, 7) is 2.68. The number of hydroxylamine groups is 2. The first-order valence-corrected chi connectivity index (χ1v) is 3.81. The molecule has 0 aromatic heterocycles. The van der Waals surface area contributed by atoms with Crippen molar-refractivity contribution in [3.8, 4) is 0 Å². The maximum Gasteiger partial charge on any atom is 0.248 e. The topological polar surface area (TPSA) is 49.8 Å². The molecule has 0 aliphatic carbocycles. The largest absolute Gasteiger partial charge is 0.393 e. The molecule has 1 atom stereocenters. The second-order valence-electron chi connectivity index (χ2n) is 2.72. The Labute approximate surface area is 65.7 Å². The fraction of sp³-hybridized carbons (Fsp3) is 0.857. The van der Waals surface area contributed by atoms with Gasteiger partial charge in [0.2, 0.25) is 5.91 Å². The van der Waals surface area contributed by atoms with Crippen LogP contribution in [0.2, 0.25) is 0 Å². The van der Waals surface area contributed by atoms with Gasteiger partial charge in [-0.25, -0.2) is 5.06 Å². The molecule has 0 spiro atoms. The van der Waals surface area contributed by atoms with Crippen LogP contribution >= 0.6 is 0 Å². The molecule has 0 radical (unpaired) electrons. The molecule has 0 saturated carbocycles. The molecule has 1 aliphatic heterocycles. The highest BCUT2D eigenvalue weighted by molar-refractivity contribution is 5.76. The molecule has 1 saturated heterocycles. The zero-order chi connectivity index (χ0) is 8.27. The third-order valence-corrected chi connectivity index (χ3v) is 1.59. The zero-order valence-corrected chi connectivity index (χ0v) is 6.62. The number of carbonyl (C=O) groups excluding carboxylic acids is 1. The molecule has 11 heavy (non-hydrogen) atoms. The first-order chi connectivity index (χ1) is 5.20. The van der Waals surface area contributed by atoms with E-state index in [0.29, 0.717) is 26.0 Å². The highest BCUT2D eigenvalue weighted by Gasteiger charge is 2.20. The summed E-state index contributed by atoms with van der Waals surface area (Å²) in [6, 6.07) is 0. The van der Waals surface area contributed by atoms with Gasteiger partial charge in [-0.05, 0) is 13.3 Å². The van der Waals surface area contributed by atoms with Crippen molar-refractivity contribution in [2.45, 2.75) is 25.9 Å². The Morgan fingerprint density at radius 3 is 3.00 bits per heavy atom. The van der Waals surface area contributed by atoms with Gasteiger partial charge in [-0.2, -0.15) is 0 Å². The highest BCUT2D eigenvalue weighted by atomic mass is 16.7.